The van der Waals surface area contributed by atoms with Crippen molar-refractivity contribution in [1.29, 1.82) is 0 Å². The third-order valence-electron chi connectivity index (χ3n) is 14.0. The van der Waals surface area contributed by atoms with E-state index in [1.165, 1.54) is 61.2 Å². The van der Waals surface area contributed by atoms with Crippen molar-refractivity contribution in [1.82, 2.24) is 0 Å². The van der Waals surface area contributed by atoms with Crippen LogP contribution < -0.4 is 14.4 Å². The lowest BCUT2D eigenvalue weighted by atomic mass is 9.69. The Morgan fingerprint density at radius 3 is 2.15 bits per heavy atom. The average Bonchev–Trinajstić information content (AvgIpc) is 3.80. The molecule has 0 bridgehead atoms. The van der Waals surface area contributed by atoms with Gasteiger partial charge in [-0.05, 0) is 165 Å². The second kappa shape index (κ2) is 13.8. The molecule has 0 aromatic heterocycles. The van der Waals surface area contributed by atoms with Crippen LogP contribution in [0.25, 0.3) is 33.9 Å². The second-order valence-electron chi connectivity index (χ2n) is 17.3. The van der Waals surface area contributed by atoms with Gasteiger partial charge in [0.05, 0.1) is 5.41 Å². The first-order chi connectivity index (χ1) is 30.7. The van der Waals surface area contributed by atoms with Gasteiger partial charge >= 0.3 is 0 Å². The number of nitrogens with zero attached hydrogens (tertiary/aromatic N) is 1. The molecule has 2 unspecified atom stereocenters. The lowest BCUT2D eigenvalue weighted by molar-refractivity contribution is 0.359. The molecule has 7 aromatic carbocycles. The minimum absolute atomic E-state index is 0.359. The molecule has 13 rings (SSSR count). The van der Waals surface area contributed by atoms with Gasteiger partial charge in [0.2, 0.25) is 0 Å². The first-order valence-electron chi connectivity index (χ1n) is 22.1. The topological polar surface area (TPSA) is 21.7 Å². The summed E-state index contributed by atoms with van der Waals surface area (Å²) in [6.45, 7) is 0. The summed E-state index contributed by atoms with van der Waals surface area (Å²) in [4.78, 5) is 2.41. The minimum Gasteiger partial charge on any atom is -0.450 e. The molecule has 1 aliphatic heterocycles. The average molecular weight is 798 g/mol. The van der Waals surface area contributed by atoms with Crippen molar-refractivity contribution in [3.8, 4) is 45.3 Å². The van der Waals surface area contributed by atoms with Gasteiger partial charge in [0.15, 0.2) is 23.0 Å². The zero-order valence-corrected chi connectivity index (χ0v) is 34.4. The molecule has 0 saturated heterocycles. The lowest BCUT2D eigenvalue weighted by Crippen LogP contribution is -2.27. The van der Waals surface area contributed by atoms with Gasteiger partial charge in [-0.2, -0.15) is 0 Å². The predicted molar refractivity (Wildman–Crippen MR) is 253 cm³/mol. The molecule has 7 aromatic rings. The summed E-state index contributed by atoms with van der Waals surface area (Å²) in [7, 11) is 0. The molecule has 1 heterocycles. The molecule has 3 heteroatoms. The van der Waals surface area contributed by atoms with E-state index in [0.29, 0.717) is 11.7 Å². The fourth-order valence-corrected chi connectivity index (χ4v) is 11.2. The Balaban J connectivity index is 0.883. The van der Waals surface area contributed by atoms with E-state index in [9.17, 15) is 0 Å². The van der Waals surface area contributed by atoms with Crippen molar-refractivity contribution in [3.63, 3.8) is 0 Å². The van der Waals surface area contributed by atoms with Crippen molar-refractivity contribution in [3.05, 3.63) is 233 Å². The van der Waals surface area contributed by atoms with Crippen molar-refractivity contribution in [2.75, 3.05) is 4.90 Å². The summed E-state index contributed by atoms with van der Waals surface area (Å²) in [5, 5.41) is 0. The zero-order valence-electron chi connectivity index (χ0n) is 34.4. The van der Waals surface area contributed by atoms with E-state index in [1.54, 1.807) is 0 Å². The highest BCUT2D eigenvalue weighted by atomic mass is 16.6. The number of ether oxygens (including phenoxy) is 2. The van der Waals surface area contributed by atoms with Gasteiger partial charge in [0.1, 0.15) is 0 Å². The van der Waals surface area contributed by atoms with Gasteiger partial charge < -0.3 is 14.4 Å². The summed E-state index contributed by atoms with van der Waals surface area (Å²) >= 11 is 0. The number of hydrogen-bond donors (Lipinski definition) is 0. The summed E-state index contributed by atoms with van der Waals surface area (Å²) in [5.74, 6) is 3.29. The quantitative estimate of drug-likeness (QED) is 0.173. The van der Waals surface area contributed by atoms with Gasteiger partial charge in [0, 0.05) is 23.0 Å². The summed E-state index contributed by atoms with van der Waals surface area (Å²) in [6, 6.07) is 53.7. The third kappa shape index (κ3) is 5.31. The Bertz CT molecular complexity index is 3190. The highest BCUT2D eigenvalue weighted by molar-refractivity contribution is 5.97. The molecule has 62 heavy (non-hydrogen) atoms. The maximum Gasteiger partial charge on any atom is 0.170 e. The summed E-state index contributed by atoms with van der Waals surface area (Å²) in [6.07, 6.45) is 23.5. The molecule has 6 aliphatic rings. The van der Waals surface area contributed by atoms with Crippen molar-refractivity contribution in [2.45, 2.75) is 43.4 Å². The SMILES string of the molecule is C1=CCC(c2cccc(N(c3cccc(-c4ccc5c(c4)Oc4cc6c(cc4O5)C4(C5=C(CCC=C5)c5ccccc54)c4ccccc4-6)c3)c3ccc4c(c3)C=CCC4)c2)C=C1. The van der Waals surface area contributed by atoms with Gasteiger partial charge in [-0.3, -0.25) is 0 Å². The van der Waals surface area contributed by atoms with Crippen LogP contribution >= 0.6 is 0 Å². The predicted octanol–water partition coefficient (Wildman–Crippen LogP) is 15.7. The molecular weight excluding hydrogens is 755 g/mol. The number of allylic oxidation sites excluding steroid dienone is 9. The molecule has 296 valence electrons. The minimum atomic E-state index is -0.391. The number of hydrogen-bond acceptors (Lipinski definition) is 3. The van der Waals surface area contributed by atoms with Crippen molar-refractivity contribution >= 4 is 28.7 Å². The smallest absolute Gasteiger partial charge is 0.170 e. The summed E-state index contributed by atoms with van der Waals surface area (Å²) in [5.41, 5.74) is 19.8. The van der Waals surface area contributed by atoms with Crippen LogP contribution in [0.15, 0.2) is 194 Å². The Hall–Kier alpha value is -7.36. The molecular formula is C59H43NO2. The third-order valence-corrected chi connectivity index (χ3v) is 14.0. The molecule has 0 radical (unpaired) electrons. The highest BCUT2D eigenvalue weighted by Gasteiger charge is 2.53. The number of anilines is 3. The zero-order chi connectivity index (χ0) is 40.8. The molecule has 1 spiro atoms. The normalized spacial score (nSPS) is 19.1. The van der Waals surface area contributed by atoms with E-state index >= 15 is 0 Å². The first-order valence-corrected chi connectivity index (χ1v) is 22.1. The van der Waals surface area contributed by atoms with E-state index in [-0.39, 0.29) is 0 Å². The Morgan fingerprint density at radius 2 is 1.24 bits per heavy atom. The van der Waals surface area contributed by atoms with Crippen LogP contribution in [0.1, 0.15) is 70.5 Å². The molecule has 0 N–H and O–H groups in total. The molecule has 0 amide bonds. The second-order valence-corrected chi connectivity index (χ2v) is 17.3. The van der Waals surface area contributed by atoms with E-state index in [1.807, 2.05) is 0 Å². The number of aryl methyl sites for hydroxylation is 1. The fourth-order valence-electron chi connectivity index (χ4n) is 11.2. The van der Waals surface area contributed by atoms with Crippen LogP contribution in [-0.2, 0) is 11.8 Å². The maximum atomic E-state index is 6.87. The van der Waals surface area contributed by atoms with Crippen LogP contribution in [0.3, 0.4) is 0 Å². The monoisotopic (exact) mass is 797 g/mol. The van der Waals surface area contributed by atoms with Gasteiger partial charge in [-0.25, -0.2) is 0 Å². The molecule has 5 aliphatic carbocycles. The molecule has 0 fully saturated rings. The Morgan fingerprint density at radius 1 is 0.500 bits per heavy atom. The first kappa shape index (κ1) is 35.4. The van der Waals surface area contributed by atoms with Crippen LogP contribution in [0.4, 0.5) is 17.1 Å². The van der Waals surface area contributed by atoms with E-state index < -0.39 is 5.41 Å². The van der Waals surface area contributed by atoms with Gasteiger partial charge in [0.25, 0.3) is 0 Å². The molecule has 3 nitrogen and oxygen atoms in total. The van der Waals surface area contributed by atoms with Crippen molar-refractivity contribution < 1.29 is 9.47 Å². The Labute approximate surface area is 362 Å². The van der Waals surface area contributed by atoms with Gasteiger partial charge in [-0.15, -0.1) is 0 Å². The standard InChI is InChI=1S/C59H43NO2/c1-2-14-38(15-3-1)41-18-12-20-44(32-41)60(46-30-28-39-16-4-5-17-40(39)33-46)45-21-13-19-42(34-45)43-29-31-55-56(35-43)62-57-36-50-49-24-8-11-27-53(49)59(54(50)37-58(57)61-55)51-25-9-6-22-47(51)48-23-7-10-26-52(48)59/h1-3,5-6,8-14,17-22,24-38H,4,7,15-16,23H2. The van der Waals surface area contributed by atoms with Crippen LogP contribution in [0.2, 0.25) is 0 Å². The van der Waals surface area contributed by atoms with Crippen molar-refractivity contribution in [2.24, 2.45) is 0 Å². The summed E-state index contributed by atoms with van der Waals surface area (Å²) < 4.78 is 13.7. The van der Waals surface area contributed by atoms with Crippen LogP contribution in [0.5, 0.6) is 23.0 Å². The Kier molecular flexibility index (Phi) is 7.90. The largest absolute Gasteiger partial charge is 0.450 e. The highest BCUT2D eigenvalue weighted by Crippen LogP contribution is 2.65. The maximum absolute atomic E-state index is 6.87. The number of rotatable bonds is 5. The molecule has 0 saturated carbocycles. The van der Waals surface area contributed by atoms with E-state index in [0.717, 1.165) is 77.5 Å². The van der Waals surface area contributed by atoms with Gasteiger partial charge in [-0.1, -0.05) is 134 Å². The van der Waals surface area contributed by atoms with Crippen LogP contribution in [-0.4, -0.2) is 0 Å². The number of benzene rings is 7. The van der Waals surface area contributed by atoms with Crippen LogP contribution in [0, 0.1) is 0 Å². The molecule has 2 atom stereocenters. The number of fused-ring (bicyclic) bond motifs is 12. The van der Waals surface area contributed by atoms with E-state index in [2.05, 4.69) is 199 Å². The van der Waals surface area contributed by atoms with E-state index in [4.69, 9.17) is 9.47 Å². The lowest BCUT2D eigenvalue weighted by Gasteiger charge is -2.33. The fraction of sp³-hybridized carbons (Fsp3) is 0.119.